The summed E-state index contributed by atoms with van der Waals surface area (Å²) in [6, 6.07) is 0. The Morgan fingerprint density at radius 1 is 1.06 bits per heavy atom. The van der Waals surface area contributed by atoms with E-state index in [4.69, 9.17) is 0 Å². The molecule has 0 aromatic heterocycles. The van der Waals surface area contributed by atoms with Crippen LogP contribution < -0.4 is 5.11 Å². The van der Waals surface area contributed by atoms with Gasteiger partial charge in [-0.1, -0.05) is 19.8 Å². The number of unbranched alkanes of at least 4 members (excludes halogenated alkanes) is 2. The first kappa shape index (κ1) is 17.0. The van der Waals surface area contributed by atoms with E-state index >= 15 is 0 Å². The molecule has 0 saturated carbocycles. The van der Waals surface area contributed by atoms with Crippen molar-refractivity contribution in [1.29, 1.82) is 0 Å². The molecule has 0 N–H and O–H groups in total. The molecule has 108 valence electrons. The van der Waals surface area contributed by atoms with Gasteiger partial charge in [0.1, 0.15) is 0 Å². The highest BCUT2D eigenvalue weighted by atomic mass is 19.4. The molecule has 0 saturated heterocycles. The van der Waals surface area contributed by atoms with Gasteiger partial charge in [0.15, 0.2) is 5.60 Å². The van der Waals surface area contributed by atoms with E-state index in [9.17, 15) is 36.2 Å². The molecule has 0 heterocycles. The van der Waals surface area contributed by atoms with Crippen molar-refractivity contribution in [2.24, 2.45) is 0 Å². The fraction of sp³-hybridized carbons (Fsp3) is 0.889. The molecule has 0 fully saturated rings. The number of ether oxygens (including phenoxy) is 1. The van der Waals surface area contributed by atoms with Crippen LogP contribution in [-0.2, 0) is 9.53 Å². The highest BCUT2D eigenvalue weighted by Crippen LogP contribution is 2.41. The first-order chi connectivity index (χ1) is 7.98. The van der Waals surface area contributed by atoms with Crippen molar-refractivity contribution in [3.63, 3.8) is 0 Å². The molecule has 0 unspecified atom stereocenters. The molecule has 3 nitrogen and oxygen atoms in total. The summed E-state index contributed by atoms with van der Waals surface area (Å²) in [6.45, 7) is 1.08. The second kappa shape index (κ2) is 5.77. The highest BCUT2D eigenvalue weighted by Gasteiger charge is 2.68. The van der Waals surface area contributed by atoms with Gasteiger partial charge in [-0.25, -0.2) is 0 Å². The van der Waals surface area contributed by atoms with E-state index in [-0.39, 0.29) is 6.42 Å². The van der Waals surface area contributed by atoms with Crippen LogP contribution in [0, 0.1) is 0 Å². The minimum atomic E-state index is -6.30. The van der Waals surface area contributed by atoms with Gasteiger partial charge in [-0.3, -0.25) is 4.79 Å². The monoisotopic (exact) mass is 281 g/mol. The zero-order valence-corrected chi connectivity index (χ0v) is 9.32. The van der Waals surface area contributed by atoms with E-state index in [1.165, 1.54) is 0 Å². The van der Waals surface area contributed by atoms with E-state index in [2.05, 4.69) is 4.74 Å². The minimum Gasteiger partial charge on any atom is -0.828 e. The maximum Gasteiger partial charge on any atom is 0.399 e. The van der Waals surface area contributed by atoms with Crippen LogP contribution in [0.1, 0.15) is 26.2 Å². The van der Waals surface area contributed by atoms with Gasteiger partial charge in [-0.05, 0) is 6.42 Å². The van der Waals surface area contributed by atoms with E-state index in [0.717, 1.165) is 0 Å². The molecule has 0 aliphatic carbocycles. The van der Waals surface area contributed by atoms with Gasteiger partial charge in [0.25, 0.3) is 0 Å². The summed E-state index contributed by atoms with van der Waals surface area (Å²) in [5.74, 6) is -2.86. The summed E-state index contributed by atoms with van der Waals surface area (Å²) in [5, 5.41) is 10.8. The predicted octanol–water partition coefficient (Wildman–Crippen LogP) is 1.94. The molecule has 0 rings (SSSR count). The molecule has 0 aliphatic rings. The second-order valence-electron chi connectivity index (χ2n) is 3.52. The third kappa shape index (κ3) is 3.50. The van der Waals surface area contributed by atoms with Crippen LogP contribution in [0.25, 0.3) is 0 Å². The van der Waals surface area contributed by atoms with Crippen molar-refractivity contribution in [3.8, 4) is 0 Å². The lowest BCUT2D eigenvalue weighted by Gasteiger charge is -2.40. The molecular formula is C9H11F6O3-. The first-order valence-corrected chi connectivity index (χ1v) is 4.99. The molecule has 0 spiro atoms. The molecular weight excluding hydrogens is 270 g/mol. The van der Waals surface area contributed by atoms with Crippen LogP contribution in [0.2, 0.25) is 0 Å². The Hall–Kier alpha value is -0.990. The molecule has 0 radical (unpaired) electrons. The Morgan fingerprint density at radius 2 is 1.50 bits per heavy atom. The zero-order chi connectivity index (χ0) is 14.6. The first-order valence-electron chi connectivity index (χ1n) is 4.99. The van der Waals surface area contributed by atoms with E-state index in [1.54, 1.807) is 6.92 Å². The lowest BCUT2D eigenvalue weighted by Crippen LogP contribution is -2.71. The summed E-state index contributed by atoms with van der Waals surface area (Å²) in [7, 11) is 0. The molecule has 9 heteroatoms. The van der Waals surface area contributed by atoms with Gasteiger partial charge < -0.3 is 9.84 Å². The van der Waals surface area contributed by atoms with Crippen molar-refractivity contribution < 1.29 is 41.0 Å². The fourth-order valence-corrected chi connectivity index (χ4v) is 1.01. The molecule has 18 heavy (non-hydrogen) atoms. The lowest BCUT2D eigenvalue weighted by atomic mass is 10.0. The number of halogens is 6. The lowest BCUT2D eigenvalue weighted by molar-refractivity contribution is -0.574. The molecule has 0 aromatic carbocycles. The van der Waals surface area contributed by atoms with Gasteiger partial charge in [0.05, 0.1) is 6.61 Å². The van der Waals surface area contributed by atoms with Crippen LogP contribution >= 0.6 is 0 Å². The number of carbonyl (C=O) groups is 1. The zero-order valence-electron chi connectivity index (χ0n) is 9.32. The van der Waals surface area contributed by atoms with Crippen LogP contribution in [0.15, 0.2) is 0 Å². The van der Waals surface area contributed by atoms with Gasteiger partial charge in [0, 0.05) is 0 Å². The van der Waals surface area contributed by atoms with Gasteiger partial charge in [0.2, 0.25) is 0 Å². The van der Waals surface area contributed by atoms with E-state index in [1.807, 2.05) is 0 Å². The van der Waals surface area contributed by atoms with Crippen molar-refractivity contribution in [2.45, 2.75) is 44.1 Å². The second-order valence-corrected chi connectivity index (χ2v) is 3.52. The average molecular weight is 281 g/mol. The van der Waals surface area contributed by atoms with Crippen molar-refractivity contribution >= 4 is 5.97 Å². The van der Waals surface area contributed by atoms with Crippen molar-refractivity contribution in [2.75, 3.05) is 6.61 Å². The number of hydrogen-bond donors (Lipinski definition) is 0. The summed E-state index contributed by atoms with van der Waals surface area (Å²) < 4.78 is 76.3. The standard InChI is InChI=1S/C9H11F6O3/c1-2-3-4-5-18-6(16)7(17,8(10,11)12)9(13,14)15/h2-5H2,1H3/q-1. The van der Waals surface area contributed by atoms with E-state index < -0.39 is 30.5 Å². The normalized spacial score (nSPS) is 13.6. The van der Waals surface area contributed by atoms with Crippen molar-refractivity contribution in [3.05, 3.63) is 0 Å². The molecule has 0 aromatic rings. The molecule has 0 atom stereocenters. The van der Waals surface area contributed by atoms with Crippen LogP contribution in [0.5, 0.6) is 0 Å². The number of rotatable bonds is 5. The maximum absolute atomic E-state index is 12.1. The molecule has 0 aliphatic heterocycles. The Morgan fingerprint density at radius 3 is 1.83 bits per heavy atom. The quantitative estimate of drug-likeness (QED) is 0.439. The summed E-state index contributed by atoms with van der Waals surface area (Å²) >= 11 is 0. The average Bonchev–Trinajstić information content (AvgIpc) is 2.19. The predicted molar refractivity (Wildman–Crippen MR) is 45.3 cm³/mol. The summed E-state index contributed by atoms with van der Waals surface area (Å²) in [5.41, 5.74) is -5.73. The maximum atomic E-state index is 12.1. The van der Waals surface area contributed by atoms with Crippen LogP contribution in [0.4, 0.5) is 26.3 Å². The smallest absolute Gasteiger partial charge is 0.399 e. The Balaban J connectivity index is 4.86. The van der Waals surface area contributed by atoms with E-state index in [0.29, 0.717) is 12.8 Å². The largest absolute Gasteiger partial charge is 0.828 e. The highest BCUT2D eigenvalue weighted by molar-refractivity contribution is 5.81. The van der Waals surface area contributed by atoms with Crippen molar-refractivity contribution in [1.82, 2.24) is 0 Å². The molecule has 0 bridgehead atoms. The number of carbonyl (C=O) groups excluding carboxylic acids is 1. The third-order valence-corrected chi connectivity index (χ3v) is 2.07. The number of hydrogen-bond acceptors (Lipinski definition) is 3. The number of alkyl halides is 6. The topological polar surface area (TPSA) is 49.4 Å². The van der Waals surface area contributed by atoms with Crippen LogP contribution in [0.3, 0.4) is 0 Å². The Bertz CT molecular complexity index is 269. The molecule has 0 amide bonds. The SMILES string of the molecule is CCCCCOC(=O)C([O-])(C(F)(F)F)C(F)(F)F. The summed E-state index contributed by atoms with van der Waals surface area (Å²) in [6.07, 6.45) is -11.4. The fourth-order valence-electron chi connectivity index (χ4n) is 1.01. The minimum absolute atomic E-state index is 0.0913. The Labute approximate surface area is 98.7 Å². The van der Waals surface area contributed by atoms with Crippen LogP contribution in [-0.4, -0.2) is 30.5 Å². The van der Waals surface area contributed by atoms with Gasteiger partial charge in [-0.2, -0.15) is 26.3 Å². The third-order valence-electron chi connectivity index (χ3n) is 2.07. The Kier molecular flexibility index (Phi) is 5.45. The number of esters is 1. The summed E-state index contributed by atoms with van der Waals surface area (Å²) in [4.78, 5) is 10.7. The van der Waals surface area contributed by atoms with Gasteiger partial charge in [-0.15, -0.1) is 0 Å². The van der Waals surface area contributed by atoms with Gasteiger partial charge >= 0.3 is 18.3 Å².